The summed E-state index contributed by atoms with van der Waals surface area (Å²) in [5.41, 5.74) is -1.04. The summed E-state index contributed by atoms with van der Waals surface area (Å²) in [6.45, 7) is -2.69. The molecule has 17 heteroatoms. The van der Waals surface area contributed by atoms with Crippen molar-refractivity contribution in [3.63, 3.8) is 0 Å². The summed E-state index contributed by atoms with van der Waals surface area (Å²) in [5.74, 6) is -5.94. The predicted molar refractivity (Wildman–Crippen MR) is 140 cm³/mol. The second kappa shape index (κ2) is 13.1. The highest BCUT2D eigenvalue weighted by molar-refractivity contribution is 8.09. The van der Waals surface area contributed by atoms with Crippen molar-refractivity contribution in [2.75, 3.05) is 25.1 Å². The second-order valence-corrected chi connectivity index (χ2v) is 9.62. The number of rotatable bonds is 8. The number of benzene rings is 2. The summed E-state index contributed by atoms with van der Waals surface area (Å²) in [4.78, 5) is 53.2. The van der Waals surface area contributed by atoms with E-state index in [4.69, 9.17) is 8.92 Å². The molecule has 3 aromatic rings. The van der Waals surface area contributed by atoms with E-state index in [2.05, 4.69) is 9.72 Å². The zero-order valence-corrected chi connectivity index (χ0v) is 22.9. The van der Waals surface area contributed by atoms with E-state index < -0.39 is 77.9 Å². The number of hydrogen-bond acceptors (Lipinski definition) is 9. The number of alkyl halides is 3. The minimum Gasteiger partial charge on any atom is -0.487 e. The lowest BCUT2D eigenvalue weighted by Crippen LogP contribution is -2.45. The van der Waals surface area contributed by atoms with E-state index in [-0.39, 0.29) is 17.1 Å². The standard InChI is InChI=1S/C26H22F4N4O8S/c1-40-20(35)12-34(23(36)26(28,29)30)22-18(41-13-15-5-3-2-4-6-15)9-16-17(21(22)27)10-33(24(37)38)11-19(16)42-43-25(39)32-8-7-31-14-32/h2-9,14,19H,10-13H2,1H3,(H,37,38). The lowest BCUT2D eigenvalue weighted by molar-refractivity contribution is -0.171. The first kappa shape index (κ1) is 31.3. The van der Waals surface area contributed by atoms with Gasteiger partial charge in [-0.25, -0.2) is 14.2 Å². The molecule has 0 spiro atoms. The molecule has 4 rings (SSSR count). The van der Waals surface area contributed by atoms with Crippen molar-refractivity contribution in [2.45, 2.75) is 25.4 Å². The molecule has 1 aliphatic heterocycles. The van der Waals surface area contributed by atoms with Crippen LogP contribution in [0.5, 0.6) is 5.75 Å². The molecule has 1 aromatic heterocycles. The molecule has 0 radical (unpaired) electrons. The third kappa shape index (κ3) is 7.23. The Morgan fingerprint density at radius 2 is 1.91 bits per heavy atom. The molecule has 228 valence electrons. The number of carbonyl (C=O) groups is 4. The third-order valence-corrected chi connectivity index (χ3v) is 6.84. The Balaban J connectivity index is 1.84. The van der Waals surface area contributed by atoms with Crippen molar-refractivity contribution in [3.05, 3.63) is 77.6 Å². The Bertz CT molecular complexity index is 1510. The lowest BCUT2D eigenvalue weighted by atomic mass is 9.95. The van der Waals surface area contributed by atoms with Crippen molar-refractivity contribution in [1.82, 2.24) is 14.5 Å². The van der Waals surface area contributed by atoms with E-state index in [1.54, 1.807) is 30.3 Å². The highest BCUT2D eigenvalue weighted by atomic mass is 32.2. The molecular weight excluding hydrogens is 604 g/mol. The van der Waals surface area contributed by atoms with Crippen molar-refractivity contribution in [3.8, 4) is 5.75 Å². The molecule has 1 aliphatic rings. The summed E-state index contributed by atoms with van der Waals surface area (Å²) in [6.07, 6.45) is -4.54. The topological polar surface area (TPSA) is 140 Å². The van der Waals surface area contributed by atoms with Crippen molar-refractivity contribution >= 4 is 40.9 Å². The van der Waals surface area contributed by atoms with E-state index >= 15 is 4.39 Å². The van der Waals surface area contributed by atoms with Crippen LogP contribution in [0.15, 0.2) is 55.1 Å². The van der Waals surface area contributed by atoms with Gasteiger partial charge in [-0.2, -0.15) is 13.2 Å². The van der Waals surface area contributed by atoms with E-state index in [0.29, 0.717) is 22.5 Å². The predicted octanol–water partition coefficient (Wildman–Crippen LogP) is 4.54. The van der Waals surface area contributed by atoms with Gasteiger partial charge in [-0.1, -0.05) is 30.3 Å². The van der Waals surface area contributed by atoms with Gasteiger partial charge in [0.15, 0.2) is 5.82 Å². The van der Waals surface area contributed by atoms with Gasteiger partial charge >= 0.3 is 29.4 Å². The van der Waals surface area contributed by atoms with Gasteiger partial charge in [0.25, 0.3) is 0 Å². The maximum Gasteiger partial charge on any atom is 0.471 e. The Morgan fingerprint density at radius 3 is 2.51 bits per heavy atom. The zero-order valence-electron chi connectivity index (χ0n) is 22.1. The molecule has 1 atom stereocenters. The van der Waals surface area contributed by atoms with Gasteiger partial charge in [-0.3, -0.25) is 28.0 Å². The number of amides is 2. The van der Waals surface area contributed by atoms with Gasteiger partial charge in [0.1, 0.15) is 37.0 Å². The van der Waals surface area contributed by atoms with Crippen LogP contribution >= 0.6 is 12.0 Å². The van der Waals surface area contributed by atoms with Gasteiger partial charge in [-0.05, 0) is 17.2 Å². The highest BCUT2D eigenvalue weighted by Gasteiger charge is 2.46. The van der Waals surface area contributed by atoms with Crippen LogP contribution in [0.4, 0.5) is 32.8 Å². The van der Waals surface area contributed by atoms with E-state index in [1.165, 1.54) is 18.7 Å². The number of carbonyl (C=O) groups excluding carboxylic acids is 3. The second-order valence-electron chi connectivity index (χ2n) is 8.91. The van der Waals surface area contributed by atoms with Crippen LogP contribution in [0.3, 0.4) is 0 Å². The first-order valence-electron chi connectivity index (χ1n) is 12.2. The molecule has 0 saturated heterocycles. The molecule has 0 bridgehead atoms. The number of halogens is 4. The summed E-state index contributed by atoms with van der Waals surface area (Å²) in [6, 6.07) is 9.35. The third-order valence-electron chi connectivity index (χ3n) is 6.15. The number of nitrogens with zero attached hydrogens (tertiary/aromatic N) is 4. The first-order valence-corrected chi connectivity index (χ1v) is 13.0. The fourth-order valence-electron chi connectivity index (χ4n) is 4.11. The SMILES string of the molecule is COC(=O)CN(C(=O)C(F)(F)F)c1c(OCc2ccccc2)cc2c(c1F)CN(C(=O)O)CC2OSC(=O)n1ccnc1. The van der Waals surface area contributed by atoms with Gasteiger partial charge in [0.2, 0.25) is 0 Å². The molecule has 1 unspecified atom stereocenters. The summed E-state index contributed by atoms with van der Waals surface area (Å²) >= 11 is 0.297. The summed E-state index contributed by atoms with van der Waals surface area (Å²) < 4.78 is 74.1. The largest absolute Gasteiger partial charge is 0.487 e. The number of aromatic nitrogens is 2. The molecule has 2 aromatic carbocycles. The molecule has 0 aliphatic carbocycles. The number of methoxy groups -OCH3 is 1. The summed E-state index contributed by atoms with van der Waals surface area (Å²) in [5, 5.41) is 8.98. The van der Waals surface area contributed by atoms with Gasteiger partial charge in [0.05, 0.1) is 32.2 Å². The quantitative estimate of drug-likeness (QED) is 0.215. The Kier molecular flexibility index (Phi) is 9.55. The molecule has 0 saturated carbocycles. The van der Waals surface area contributed by atoms with E-state index in [1.807, 2.05) is 0 Å². The minimum atomic E-state index is -5.55. The lowest BCUT2D eigenvalue weighted by Gasteiger charge is -2.34. The highest BCUT2D eigenvalue weighted by Crippen LogP contribution is 2.44. The Morgan fingerprint density at radius 1 is 1.19 bits per heavy atom. The number of anilines is 1. The van der Waals surface area contributed by atoms with Crippen LogP contribution in [0, 0.1) is 5.82 Å². The molecule has 1 N–H and O–H groups in total. The fraction of sp³-hybridized carbons (Fsp3) is 0.269. The van der Waals surface area contributed by atoms with Gasteiger partial charge in [-0.15, -0.1) is 0 Å². The van der Waals surface area contributed by atoms with Crippen LogP contribution < -0.4 is 9.64 Å². The van der Waals surface area contributed by atoms with Crippen molar-refractivity contribution < 1.29 is 55.5 Å². The first-order chi connectivity index (χ1) is 20.4. The summed E-state index contributed by atoms with van der Waals surface area (Å²) in [7, 11) is 0.865. The molecule has 12 nitrogen and oxygen atoms in total. The van der Waals surface area contributed by atoms with Crippen molar-refractivity contribution in [2.24, 2.45) is 0 Å². The zero-order chi connectivity index (χ0) is 31.3. The average Bonchev–Trinajstić information content (AvgIpc) is 3.53. The normalized spacial score (nSPS) is 14.5. The number of fused-ring (bicyclic) bond motifs is 1. The monoisotopic (exact) mass is 626 g/mol. The van der Waals surface area contributed by atoms with Crippen LogP contribution in [0.1, 0.15) is 22.8 Å². The number of imidazole rings is 1. The fourth-order valence-corrected chi connectivity index (χ4v) is 4.67. The van der Waals surface area contributed by atoms with Crippen LogP contribution in [-0.4, -0.2) is 69.1 Å². The number of ether oxygens (including phenoxy) is 2. The van der Waals surface area contributed by atoms with Gasteiger partial charge in [0, 0.05) is 18.0 Å². The van der Waals surface area contributed by atoms with Gasteiger partial charge < -0.3 is 19.5 Å². The number of hydrogen-bond donors (Lipinski definition) is 1. The van der Waals surface area contributed by atoms with Crippen molar-refractivity contribution in [1.29, 1.82) is 0 Å². The average molecular weight is 627 g/mol. The molecule has 0 fully saturated rings. The molecule has 2 heterocycles. The minimum absolute atomic E-state index is 0.0507. The van der Waals surface area contributed by atoms with E-state index in [9.17, 15) is 37.5 Å². The van der Waals surface area contributed by atoms with Crippen LogP contribution in [-0.2, 0) is 31.7 Å². The van der Waals surface area contributed by atoms with E-state index in [0.717, 1.165) is 17.7 Å². The maximum atomic E-state index is 16.4. The Labute approximate surface area is 244 Å². The molecule has 43 heavy (non-hydrogen) atoms. The molecule has 2 amide bonds. The molecular formula is C26H22F4N4O8S. The number of esters is 1. The van der Waals surface area contributed by atoms with Crippen LogP contribution in [0.2, 0.25) is 0 Å². The Hall–Kier alpha value is -4.64. The smallest absolute Gasteiger partial charge is 0.471 e. The van der Waals surface area contributed by atoms with Crippen LogP contribution in [0.25, 0.3) is 0 Å². The number of carboxylic acid groups (broad SMARTS) is 1. The maximum absolute atomic E-state index is 16.4.